The standard InChI is InChI=1S/C24H24N2O5S/c1-32(28,29)26-24(27)19-9-7-18(8-10-19)15-30-22-4-2-3-20(11-22)21-12-23(14-25-13-21)31-16-17-5-6-17/h2-4,7-14,17H,5-6,15-16H2,1H3,(H,26,27). The Labute approximate surface area is 187 Å². The number of amides is 1. The molecule has 1 saturated carbocycles. The van der Waals surface area contributed by atoms with E-state index in [1.165, 1.54) is 12.8 Å². The van der Waals surface area contributed by atoms with Crippen molar-refractivity contribution in [3.8, 4) is 22.6 Å². The summed E-state index contributed by atoms with van der Waals surface area (Å²) in [4.78, 5) is 16.2. The van der Waals surface area contributed by atoms with Crippen molar-refractivity contribution < 1.29 is 22.7 Å². The topological polar surface area (TPSA) is 94.6 Å². The number of benzene rings is 2. The molecule has 32 heavy (non-hydrogen) atoms. The van der Waals surface area contributed by atoms with E-state index >= 15 is 0 Å². The summed E-state index contributed by atoms with van der Waals surface area (Å²) in [5.74, 6) is 1.48. The van der Waals surface area contributed by atoms with Gasteiger partial charge in [-0.05, 0) is 60.2 Å². The Morgan fingerprint density at radius 3 is 2.47 bits per heavy atom. The number of pyridine rings is 1. The zero-order valence-electron chi connectivity index (χ0n) is 17.7. The molecule has 0 atom stereocenters. The van der Waals surface area contributed by atoms with Crippen molar-refractivity contribution in [1.82, 2.24) is 9.71 Å². The van der Waals surface area contributed by atoms with E-state index < -0.39 is 15.9 Å². The van der Waals surface area contributed by atoms with Crippen LogP contribution >= 0.6 is 0 Å². The lowest BCUT2D eigenvalue weighted by Gasteiger charge is -2.10. The van der Waals surface area contributed by atoms with Crippen LogP contribution in [-0.4, -0.2) is 32.2 Å². The van der Waals surface area contributed by atoms with E-state index in [1.807, 2.05) is 35.1 Å². The van der Waals surface area contributed by atoms with Crippen molar-refractivity contribution in [2.24, 2.45) is 5.92 Å². The van der Waals surface area contributed by atoms with Crippen LogP contribution in [0, 0.1) is 5.92 Å². The maximum atomic E-state index is 11.9. The molecule has 7 nitrogen and oxygen atoms in total. The number of hydrogen-bond acceptors (Lipinski definition) is 6. The average molecular weight is 453 g/mol. The SMILES string of the molecule is CS(=O)(=O)NC(=O)c1ccc(COc2cccc(-c3cncc(OCC4CC4)c3)c2)cc1. The third-order valence-electron chi connectivity index (χ3n) is 4.96. The predicted octanol–water partition coefficient (Wildman–Crippen LogP) is 3.81. The maximum Gasteiger partial charge on any atom is 0.264 e. The van der Waals surface area contributed by atoms with E-state index in [-0.39, 0.29) is 5.56 Å². The lowest BCUT2D eigenvalue weighted by Crippen LogP contribution is -2.29. The highest BCUT2D eigenvalue weighted by Crippen LogP contribution is 2.31. The van der Waals surface area contributed by atoms with Crippen LogP contribution in [-0.2, 0) is 16.6 Å². The van der Waals surface area contributed by atoms with Crippen molar-refractivity contribution in [2.45, 2.75) is 19.4 Å². The molecule has 166 valence electrons. The molecule has 0 spiro atoms. The minimum atomic E-state index is -3.60. The summed E-state index contributed by atoms with van der Waals surface area (Å²) in [7, 11) is -3.60. The quantitative estimate of drug-likeness (QED) is 0.531. The van der Waals surface area contributed by atoms with Gasteiger partial charge >= 0.3 is 0 Å². The summed E-state index contributed by atoms with van der Waals surface area (Å²) in [6.45, 7) is 1.04. The number of carbonyl (C=O) groups excluding carboxylic acids is 1. The maximum absolute atomic E-state index is 11.9. The van der Waals surface area contributed by atoms with Gasteiger partial charge in [0, 0.05) is 17.3 Å². The molecule has 0 saturated heterocycles. The first kappa shape index (κ1) is 21.8. The van der Waals surface area contributed by atoms with Gasteiger partial charge in [-0.1, -0.05) is 24.3 Å². The Bertz CT molecular complexity index is 1210. The minimum absolute atomic E-state index is 0.262. The van der Waals surface area contributed by atoms with Crippen LogP contribution in [0.25, 0.3) is 11.1 Å². The fraction of sp³-hybridized carbons (Fsp3) is 0.250. The van der Waals surface area contributed by atoms with Gasteiger partial charge in [-0.15, -0.1) is 0 Å². The fourth-order valence-electron chi connectivity index (χ4n) is 3.07. The molecule has 1 amide bonds. The van der Waals surface area contributed by atoms with E-state index in [4.69, 9.17) is 9.47 Å². The van der Waals surface area contributed by atoms with Gasteiger partial charge < -0.3 is 9.47 Å². The van der Waals surface area contributed by atoms with E-state index in [2.05, 4.69) is 4.98 Å². The summed E-state index contributed by atoms with van der Waals surface area (Å²) in [5.41, 5.74) is 3.03. The number of rotatable bonds is 9. The highest BCUT2D eigenvalue weighted by atomic mass is 32.2. The van der Waals surface area contributed by atoms with E-state index in [1.54, 1.807) is 36.7 Å². The van der Waals surface area contributed by atoms with Gasteiger partial charge in [-0.25, -0.2) is 13.1 Å². The first-order valence-electron chi connectivity index (χ1n) is 10.3. The molecule has 1 N–H and O–H groups in total. The number of hydrogen-bond donors (Lipinski definition) is 1. The Balaban J connectivity index is 1.38. The lowest BCUT2D eigenvalue weighted by atomic mass is 10.1. The third kappa shape index (κ3) is 6.31. The Morgan fingerprint density at radius 2 is 1.75 bits per heavy atom. The van der Waals surface area contributed by atoms with Crippen LogP contribution in [0.5, 0.6) is 11.5 Å². The molecular weight excluding hydrogens is 428 g/mol. The fourth-order valence-corrected chi connectivity index (χ4v) is 3.52. The van der Waals surface area contributed by atoms with Gasteiger partial charge in [0.05, 0.1) is 19.1 Å². The molecule has 4 rings (SSSR count). The molecule has 1 fully saturated rings. The van der Waals surface area contributed by atoms with Gasteiger partial charge in [0.1, 0.15) is 18.1 Å². The summed E-state index contributed by atoms with van der Waals surface area (Å²) in [6.07, 6.45) is 6.94. The molecule has 1 heterocycles. The first-order valence-corrected chi connectivity index (χ1v) is 12.2. The second kappa shape index (κ2) is 9.40. The van der Waals surface area contributed by atoms with Gasteiger partial charge in [-0.2, -0.15) is 0 Å². The van der Waals surface area contributed by atoms with Crippen molar-refractivity contribution >= 4 is 15.9 Å². The molecule has 8 heteroatoms. The Morgan fingerprint density at radius 1 is 1.00 bits per heavy atom. The normalized spacial score (nSPS) is 13.4. The van der Waals surface area contributed by atoms with Crippen LogP contribution < -0.4 is 14.2 Å². The Hall–Kier alpha value is -3.39. The number of ether oxygens (including phenoxy) is 2. The van der Waals surface area contributed by atoms with Crippen molar-refractivity contribution in [2.75, 3.05) is 12.9 Å². The van der Waals surface area contributed by atoms with Gasteiger partial charge in [0.2, 0.25) is 10.0 Å². The van der Waals surface area contributed by atoms with Crippen molar-refractivity contribution in [3.63, 3.8) is 0 Å². The average Bonchev–Trinajstić information content (AvgIpc) is 3.60. The second-order valence-corrected chi connectivity index (χ2v) is 9.63. The van der Waals surface area contributed by atoms with Crippen LogP contribution in [0.1, 0.15) is 28.8 Å². The third-order valence-corrected chi connectivity index (χ3v) is 5.52. The zero-order chi connectivity index (χ0) is 22.6. The number of nitrogens with zero attached hydrogens (tertiary/aromatic N) is 1. The van der Waals surface area contributed by atoms with E-state index in [9.17, 15) is 13.2 Å². The molecule has 0 aliphatic heterocycles. The highest BCUT2D eigenvalue weighted by Gasteiger charge is 2.22. The van der Waals surface area contributed by atoms with Crippen LogP contribution in [0.3, 0.4) is 0 Å². The molecule has 1 aromatic heterocycles. The molecule has 0 bridgehead atoms. The van der Waals surface area contributed by atoms with Crippen LogP contribution in [0.2, 0.25) is 0 Å². The second-order valence-electron chi connectivity index (χ2n) is 7.88. The largest absolute Gasteiger partial charge is 0.492 e. The van der Waals surface area contributed by atoms with Crippen LogP contribution in [0.4, 0.5) is 0 Å². The van der Waals surface area contributed by atoms with Gasteiger partial charge in [-0.3, -0.25) is 9.78 Å². The molecule has 3 aromatic rings. The smallest absolute Gasteiger partial charge is 0.264 e. The predicted molar refractivity (Wildman–Crippen MR) is 121 cm³/mol. The minimum Gasteiger partial charge on any atom is -0.492 e. The lowest BCUT2D eigenvalue weighted by molar-refractivity contribution is 0.0981. The number of sulfonamides is 1. The van der Waals surface area contributed by atoms with Gasteiger partial charge in [0.15, 0.2) is 0 Å². The van der Waals surface area contributed by atoms with E-state index in [0.29, 0.717) is 18.3 Å². The zero-order valence-corrected chi connectivity index (χ0v) is 18.5. The van der Waals surface area contributed by atoms with Gasteiger partial charge in [0.25, 0.3) is 5.91 Å². The summed E-state index contributed by atoms with van der Waals surface area (Å²) < 4.78 is 36.1. The molecule has 0 unspecified atom stereocenters. The molecular formula is C24H24N2O5S. The monoisotopic (exact) mass is 452 g/mol. The molecule has 2 aromatic carbocycles. The summed E-state index contributed by atoms with van der Waals surface area (Å²) in [6, 6.07) is 16.3. The molecule has 0 radical (unpaired) electrons. The summed E-state index contributed by atoms with van der Waals surface area (Å²) >= 11 is 0. The highest BCUT2D eigenvalue weighted by molar-refractivity contribution is 7.89. The van der Waals surface area contributed by atoms with Crippen molar-refractivity contribution in [3.05, 3.63) is 78.1 Å². The first-order chi connectivity index (χ1) is 15.4. The number of aromatic nitrogens is 1. The molecule has 1 aliphatic rings. The van der Waals surface area contributed by atoms with E-state index in [0.717, 1.165) is 35.3 Å². The van der Waals surface area contributed by atoms with Crippen LogP contribution in [0.15, 0.2) is 67.0 Å². The summed E-state index contributed by atoms with van der Waals surface area (Å²) in [5, 5.41) is 0. The molecule has 1 aliphatic carbocycles. The number of carbonyl (C=O) groups is 1. The number of nitrogens with one attached hydrogen (secondary N) is 1. The van der Waals surface area contributed by atoms with Crippen molar-refractivity contribution in [1.29, 1.82) is 0 Å². The Kier molecular flexibility index (Phi) is 6.41.